The van der Waals surface area contributed by atoms with E-state index in [-0.39, 0.29) is 16.4 Å². The lowest BCUT2D eigenvalue weighted by atomic mass is 10.1. The normalized spacial score (nSPS) is 20.4. The summed E-state index contributed by atoms with van der Waals surface area (Å²) in [6.07, 6.45) is 0. The van der Waals surface area contributed by atoms with Gasteiger partial charge in [0.15, 0.2) is 0 Å². The number of hydrogen-bond acceptors (Lipinski definition) is 3. The van der Waals surface area contributed by atoms with Crippen LogP contribution in [0.3, 0.4) is 0 Å². The van der Waals surface area contributed by atoms with Crippen molar-refractivity contribution in [3.05, 3.63) is 35.5 Å². The molecule has 0 aliphatic carbocycles. The van der Waals surface area contributed by atoms with Crippen LogP contribution >= 0.6 is 10.5 Å². The first-order chi connectivity index (χ1) is 10.8. The zero-order valence-electron chi connectivity index (χ0n) is 12.2. The molecule has 1 fully saturated rings. The summed E-state index contributed by atoms with van der Waals surface area (Å²) >= 11 is 0. The first-order valence-electron chi connectivity index (χ1n) is 7.30. The van der Waals surface area contributed by atoms with E-state index in [2.05, 4.69) is 28.2 Å². The van der Waals surface area contributed by atoms with Crippen molar-refractivity contribution in [1.82, 2.24) is 15.1 Å². The van der Waals surface area contributed by atoms with E-state index in [1.165, 1.54) is 4.90 Å². The molecule has 0 radical (unpaired) electrons. The van der Waals surface area contributed by atoms with Gasteiger partial charge in [-0.25, -0.2) is 0 Å². The van der Waals surface area contributed by atoms with Crippen LogP contribution in [0.5, 0.6) is 0 Å². The van der Waals surface area contributed by atoms with Crippen LogP contribution < -0.4 is 0 Å². The lowest BCUT2D eigenvalue weighted by Gasteiger charge is -2.27. The average Bonchev–Trinajstić information content (AvgIpc) is 2.99. The van der Waals surface area contributed by atoms with Crippen LogP contribution in [0, 0.1) is 0 Å². The molecule has 22 heavy (non-hydrogen) atoms. The fourth-order valence-corrected chi connectivity index (χ4v) is 4.53. The van der Waals surface area contributed by atoms with Gasteiger partial charge in [-0.3, -0.25) is 9.89 Å². The van der Waals surface area contributed by atoms with Crippen molar-refractivity contribution in [1.29, 1.82) is 0 Å². The Hall–Kier alpha value is -1.92. The molecule has 0 spiro atoms. The molecular weight excluding hydrogens is 298 g/mol. The highest BCUT2D eigenvalue weighted by atomic mass is 32.2. The zero-order valence-corrected chi connectivity index (χ0v) is 13.0. The van der Waals surface area contributed by atoms with Crippen LogP contribution in [0.15, 0.2) is 29.2 Å². The molecule has 2 aliphatic heterocycles. The molecule has 2 aliphatic rings. The summed E-state index contributed by atoms with van der Waals surface area (Å²) in [7, 11) is -0.142. The van der Waals surface area contributed by atoms with Crippen LogP contribution in [0.25, 0.3) is 11.3 Å². The number of rotatable bonds is 1. The number of ether oxygens (including phenoxy) is 1. The molecule has 1 atom stereocenters. The van der Waals surface area contributed by atoms with Crippen molar-refractivity contribution in [2.75, 3.05) is 26.3 Å². The third kappa shape index (κ3) is 2.10. The van der Waals surface area contributed by atoms with E-state index in [4.69, 9.17) is 4.74 Å². The molecule has 4 rings (SSSR count). The molecule has 1 amide bonds. The van der Waals surface area contributed by atoms with Crippen molar-refractivity contribution in [3.63, 3.8) is 0 Å². The van der Waals surface area contributed by atoms with Gasteiger partial charge in [-0.1, -0.05) is 24.1 Å². The summed E-state index contributed by atoms with van der Waals surface area (Å²) in [4.78, 5) is 15.8. The number of H-pyrrole nitrogens is 1. The van der Waals surface area contributed by atoms with Crippen LogP contribution in [0.2, 0.25) is 0 Å². The molecule has 6 heteroatoms. The van der Waals surface area contributed by atoms with Crippen LogP contribution in [0.4, 0.5) is 0 Å². The molecular formula is C16H17N3O2S. The first kappa shape index (κ1) is 13.7. The molecule has 3 heterocycles. The minimum atomic E-state index is -0.142. The second-order valence-corrected chi connectivity index (χ2v) is 7.18. The van der Waals surface area contributed by atoms with Crippen molar-refractivity contribution in [2.24, 2.45) is 0 Å². The van der Waals surface area contributed by atoms with Crippen LogP contribution in [-0.4, -0.2) is 53.2 Å². The van der Waals surface area contributed by atoms with Crippen molar-refractivity contribution in [2.45, 2.75) is 10.6 Å². The van der Waals surface area contributed by atoms with Gasteiger partial charge < -0.3 is 9.64 Å². The predicted octanol–water partition coefficient (Wildman–Crippen LogP) is 2.12. The molecule has 2 aromatic rings. The van der Waals surface area contributed by atoms with Gasteiger partial charge in [0.05, 0.1) is 18.9 Å². The number of carbonyl (C=O) groups is 1. The minimum Gasteiger partial charge on any atom is -0.378 e. The summed E-state index contributed by atoms with van der Waals surface area (Å²) in [5.41, 5.74) is 3.63. The van der Waals surface area contributed by atoms with E-state index in [1.807, 2.05) is 17.0 Å². The molecule has 0 saturated carbocycles. The zero-order chi connectivity index (χ0) is 15.1. The van der Waals surface area contributed by atoms with Gasteiger partial charge in [0, 0.05) is 34.9 Å². The molecule has 0 bridgehead atoms. The smallest absolute Gasteiger partial charge is 0.272 e. The van der Waals surface area contributed by atoms with Gasteiger partial charge in [-0.05, 0) is 6.07 Å². The fourth-order valence-electron chi connectivity index (χ4n) is 3.00. The van der Waals surface area contributed by atoms with E-state index >= 15 is 0 Å². The quantitative estimate of drug-likeness (QED) is 0.820. The number of aromatic amines is 1. The Morgan fingerprint density at radius 2 is 2.09 bits per heavy atom. The Morgan fingerprint density at radius 3 is 2.91 bits per heavy atom. The summed E-state index contributed by atoms with van der Waals surface area (Å²) in [6, 6.07) is 8.19. The topological polar surface area (TPSA) is 58.2 Å². The van der Waals surface area contributed by atoms with Gasteiger partial charge in [-0.15, -0.1) is 0 Å². The Labute approximate surface area is 131 Å². The summed E-state index contributed by atoms with van der Waals surface area (Å²) in [5, 5.41) is 7.39. The maximum Gasteiger partial charge on any atom is 0.272 e. The van der Waals surface area contributed by atoms with Crippen LogP contribution in [-0.2, 0) is 10.5 Å². The average molecular weight is 315 g/mol. The van der Waals surface area contributed by atoms with Crippen molar-refractivity contribution < 1.29 is 9.53 Å². The van der Waals surface area contributed by atoms with Gasteiger partial charge >= 0.3 is 0 Å². The number of benzene rings is 1. The van der Waals surface area contributed by atoms with Gasteiger partial charge in [0.25, 0.3) is 5.91 Å². The number of hydrogen-bond donors (Lipinski definition) is 1. The predicted molar refractivity (Wildman–Crippen MR) is 87.4 cm³/mol. The highest BCUT2D eigenvalue weighted by Crippen LogP contribution is 2.44. The van der Waals surface area contributed by atoms with E-state index in [1.54, 1.807) is 0 Å². The number of carbonyl (C=O) groups excluding carboxylic acids is 1. The summed E-state index contributed by atoms with van der Waals surface area (Å²) in [5.74, 6) is 5.07. The second-order valence-electron chi connectivity index (χ2n) is 5.46. The lowest BCUT2D eigenvalue weighted by molar-refractivity contribution is 0.0298. The Morgan fingerprint density at radius 1 is 1.32 bits per heavy atom. The molecule has 1 aromatic carbocycles. The van der Waals surface area contributed by atoms with Gasteiger partial charge in [0.2, 0.25) is 0 Å². The number of aromatic nitrogens is 2. The number of fused-ring (bicyclic) bond motifs is 3. The minimum absolute atomic E-state index is 0.0217. The van der Waals surface area contributed by atoms with Gasteiger partial charge in [-0.2, -0.15) is 15.6 Å². The Bertz CT molecular complexity index is 763. The standard InChI is InChI=1S/C16H17N3O2S/c1-22-10-12-14(11-4-2-3-5-13(11)22)17-18-15(12)16(20)19-6-8-21-9-7-19/h2-5H,1,6-10H2,(H,17,18). The van der Waals surface area contributed by atoms with E-state index < -0.39 is 0 Å². The largest absolute Gasteiger partial charge is 0.378 e. The van der Waals surface area contributed by atoms with E-state index in [0.29, 0.717) is 32.0 Å². The Kier molecular flexibility index (Phi) is 3.35. The molecule has 1 saturated heterocycles. The highest BCUT2D eigenvalue weighted by molar-refractivity contribution is 8.13. The van der Waals surface area contributed by atoms with Crippen molar-refractivity contribution >= 4 is 22.3 Å². The lowest BCUT2D eigenvalue weighted by Crippen LogP contribution is -2.41. The molecule has 1 N–H and O–H groups in total. The number of nitrogens with one attached hydrogen (secondary N) is 1. The monoisotopic (exact) mass is 315 g/mol. The third-order valence-corrected chi connectivity index (χ3v) is 5.77. The Balaban J connectivity index is 1.75. The highest BCUT2D eigenvalue weighted by Gasteiger charge is 2.29. The van der Waals surface area contributed by atoms with E-state index in [0.717, 1.165) is 22.6 Å². The maximum atomic E-state index is 12.7. The number of morpholine rings is 1. The summed E-state index contributed by atoms with van der Waals surface area (Å²) < 4.78 is 5.32. The molecule has 5 nitrogen and oxygen atoms in total. The SMILES string of the molecule is C=S1Cc2c(n[nH]c2C(=O)N2CCOCC2)-c2ccccc21. The third-order valence-electron chi connectivity index (χ3n) is 4.15. The molecule has 1 unspecified atom stereocenters. The number of nitrogens with zero attached hydrogens (tertiary/aromatic N) is 2. The molecule has 1 aromatic heterocycles. The second kappa shape index (κ2) is 5.37. The fraction of sp³-hybridized carbons (Fsp3) is 0.312. The van der Waals surface area contributed by atoms with E-state index in [9.17, 15) is 4.79 Å². The maximum absolute atomic E-state index is 12.7. The molecule has 114 valence electrons. The van der Waals surface area contributed by atoms with Crippen molar-refractivity contribution in [3.8, 4) is 11.3 Å². The number of amides is 1. The van der Waals surface area contributed by atoms with Gasteiger partial charge in [0.1, 0.15) is 5.69 Å². The summed E-state index contributed by atoms with van der Waals surface area (Å²) in [6.45, 7) is 2.48. The first-order valence-corrected chi connectivity index (χ1v) is 8.86. The van der Waals surface area contributed by atoms with Crippen LogP contribution in [0.1, 0.15) is 16.1 Å².